The van der Waals surface area contributed by atoms with Gasteiger partial charge >= 0.3 is 5.97 Å². The van der Waals surface area contributed by atoms with Crippen LogP contribution in [0.1, 0.15) is 13.3 Å². The summed E-state index contributed by atoms with van der Waals surface area (Å²) in [5.74, 6) is 0.0169. The Labute approximate surface area is 73.7 Å². The normalized spacial score (nSPS) is 22.7. The largest absolute Gasteiger partial charge is 0.465 e. The van der Waals surface area contributed by atoms with Crippen molar-refractivity contribution >= 4 is 13.8 Å². The summed E-state index contributed by atoms with van der Waals surface area (Å²) in [6.45, 7) is 2.02. The van der Waals surface area contributed by atoms with Crippen molar-refractivity contribution in [3.05, 3.63) is 23.2 Å². The molecule has 62 valence electrons. The summed E-state index contributed by atoms with van der Waals surface area (Å²) in [6, 6.07) is 0. The number of esters is 1. The van der Waals surface area contributed by atoms with E-state index in [-0.39, 0.29) is 5.97 Å². The number of allylic oxidation sites excluding steroid dienone is 2. The van der Waals surface area contributed by atoms with Gasteiger partial charge in [0.2, 0.25) is 0 Å². The van der Waals surface area contributed by atoms with E-state index in [0.29, 0.717) is 11.5 Å². The van der Waals surface area contributed by atoms with E-state index in [4.69, 9.17) is 7.85 Å². The molecular weight excluding hydrogens is 151 g/mol. The Morgan fingerprint density at radius 1 is 1.75 bits per heavy atom. The maximum Gasteiger partial charge on any atom is 0.337 e. The molecule has 12 heavy (non-hydrogen) atoms. The third-order valence-electron chi connectivity index (χ3n) is 2.00. The molecule has 2 nitrogen and oxygen atoms in total. The minimum absolute atomic E-state index is 0.315. The molecule has 1 rings (SSSR count). The van der Waals surface area contributed by atoms with Gasteiger partial charge in [-0.1, -0.05) is 19.1 Å². The second-order valence-electron chi connectivity index (χ2n) is 2.93. The molecule has 3 heteroatoms. The standard InChI is InChI=1S/C9H11BO2/c1-6-3-4-7(5-8(6)10)9(11)12-2/h4-6H,3H2,1-2H3. The molecule has 1 unspecified atom stereocenters. The van der Waals surface area contributed by atoms with Gasteiger partial charge < -0.3 is 4.74 Å². The number of carbonyl (C=O) groups excluding carboxylic acids is 1. The Balaban J connectivity index is 2.78. The van der Waals surface area contributed by atoms with Gasteiger partial charge in [0.1, 0.15) is 7.85 Å². The number of methoxy groups -OCH3 is 1. The molecule has 0 saturated carbocycles. The molecule has 0 aliphatic heterocycles. The Hall–Kier alpha value is -0.985. The predicted molar refractivity (Wildman–Crippen MR) is 47.7 cm³/mol. The zero-order chi connectivity index (χ0) is 9.14. The number of hydrogen-bond donors (Lipinski definition) is 0. The number of ether oxygens (including phenoxy) is 1. The zero-order valence-electron chi connectivity index (χ0n) is 7.33. The molecule has 2 radical (unpaired) electrons. The lowest BCUT2D eigenvalue weighted by Crippen LogP contribution is -2.10. The van der Waals surface area contributed by atoms with E-state index in [9.17, 15) is 4.79 Å². The smallest absolute Gasteiger partial charge is 0.337 e. The van der Waals surface area contributed by atoms with Crippen molar-refractivity contribution in [2.24, 2.45) is 5.92 Å². The molecule has 1 aliphatic carbocycles. The van der Waals surface area contributed by atoms with E-state index in [1.807, 2.05) is 13.0 Å². The van der Waals surface area contributed by atoms with Crippen LogP contribution in [0.2, 0.25) is 0 Å². The van der Waals surface area contributed by atoms with E-state index in [1.54, 1.807) is 6.08 Å². The maximum absolute atomic E-state index is 11.0. The quantitative estimate of drug-likeness (QED) is 0.427. The molecule has 0 N–H and O–H groups in total. The van der Waals surface area contributed by atoms with Gasteiger partial charge in [-0.3, -0.25) is 0 Å². The molecule has 0 amide bonds. The van der Waals surface area contributed by atoms with Crippen LogP contribution in [0.25, 0.3) is 0 Å². The Kier molecular flexibility index (Phi) is 2.74. The monoisotopic (exact) mass is 162 g/mol. The van der Waals surface area contributed by atoms with Crippen LogP contribution in [0.4, 0.5) is 0 Å². The first-order chi connectivity index (χ1) is 5.65. The fourth-order valence-electron chi connectivity index (χ4n) is 1.08. The van der Waals surface area contributed by atoms with E-state index in [0.717, 1.165) is 11.9 Å². The summed E-state index contributed by atoms with van der Waals surface area (Å²) in [5.41, 5.74) is 1.31. The lowest BCUT2D eigenvalue weighted by atomic mass is 9.78. The van der Waals surface area contributed by atoms with Crippen LogP contribution in [0.3, 0.4) is 0 Å². The summed E-state index contributed by atoms with van der Waals surface area (Å²) in [6.07, 6.45) is 4.35. The molecular formula is C9H11BO2. The van der Waals surface area contributed by atoms with Gasteiger partial charge in [-0.25, -0.2) is 4.79 Å². The van der Waals surface area contributed by atoms with Crippen molar-refractivity contribution in [1.82, 2.24) is 0 Å². The van der Waals surface area contributed by atoms with E-state index >= 15 is 0 Å². The Morgan fingerprint density at radius 2 is 2.42 bits per heavy atom. The number of rotatable bonds is 1. The summed E-state index contributed by atoms with van der Waals surface area (Å²) in [4.78, 5) is 11.0. The minimum Gasteiger partial charge on any atom is -0.465 e. The minimum atomic E-state index is -0.315. The van der Waals surface area contributed by atoms with E-state index in [2.05, 4.69) is 4.74 Å². The van der Waals surface area contributed by atoms with Crippen LogP contribution in [0.5, 0.6) is 0 Å². The van der Waals surface area contributed by atoms with Gasteiger partial charge in [-0.15, -0.1) is 5.47 Å². The first-order valence-corrected chi connectivity index (χ1v) is 3.90. The van der Waals surface area contributed by atoms with Crippen LogP contribution in [-0.4, -0.2) is 20.9 Å². The molecule has 0 bridgehead atoms. The second-order valence-corrected chi connectivity index (χ2v) is 2.93. The fourth-order valence-corrected chi connectivity index (χ4v) is 1.08. The fraction of sp³-hybridized carbons (Fsp3) is 0.444. The van der Waals surface area contributed by atoms with Crippen molar-refractivity contribution in [1.29, 1.82) is 0 Å². The van der Waals surface area contributed by atoms with Gasteiger partial charge in [0.25, 0.3) is 0 Å². The molecule has 0 aromatic carbocycles. The van der Waals surface area contributed by atoms with Crippen LogP contribution in [-0.2, 0) is 9.53 Å². The van der Waals surface area contributed by atoms with Crippen LogP contribution >= 0.6 is 0 Å². The van der Waals surface area contributed by atoms with Crippen molar-refractivity contribution in [2.45, 2.75) is 13.3 Å². The summed E-state index contributed by atoms with van der Waals surface area (Å²) < 4.78 is 4.57. The maximum atomic E-state index is 11.0. The summed E-state index contributed by atoms with van der Waals surface area (Å²) >= 11 is 0. The molecule has 0 spiro atoms. The van der Waals surface area contributed by atoms with Gasteiger partial charge in [0.05, 0.1) is 12.7 Å². The number of carbonyl (C=O) groups is 1. The highest BCUT2D eigenvalue weighted by molar-refractivity contribution is 6.22. The molecule has 0 aromatic rings. The molecule has 1 atom stereocenters. The second kappa shape index (κ2) is 3.61. The van der Waals surface area contributed by atoms with E-state index in [1.165, 1.54) is 7.11 Å². The zero-order valence-corrected chi connectivity index (χ0v) is 7.33. The van der Waals surface area contributed by atoms with Crippen LogP contribution in [0, 0.1) is 5.92 Å². The average Bonchev–Trinajstić information content (AvgIpc) is 2.08. The van der Waals surface area contributed by atoms with Crippen LogP contribution < -0.4 is 0 Å². The Bertz CT molecular complexity index is 253. The van der Waals surface area contributed by atoms with Gasteiger partial charge in [-0.05, 0) is 12.3 Å². The molecule has 0 saturated heterocycles. The third kappa shape index (κ3) is 1.78. The predicted octanol–water partition coefficient (Wildman–Crippen LogP) is 1.18. The third-order valence-corrected chi connectivity index (χ3v) is 2.00. The van der Waals surface area contributed by atoms with Gasteiger partial charge in [0, 0.05) is 0 Å². The highest BCUT2D eigenvalue weighted by atomic mass is 16.5. The van der Waals surface area contributed by atoms with E-state index < -0.39 is 0 Å². The topological polar surface area (TPSA) is 26.3 Å². The SMILES string of the molecule is [B]C1=CC(C(=O)OC)=CCC1C. The van der Waals surface area contributed by atoms with Crippen molar-refractivity contribution < 1.29 is 9.53 Å². The van der Waals surface area contributed by atoms with Crippen molar-refractivity contribution in [3.63, 3.8) is 0 Å². The first-order valence-electron chi connectivity index (χ1n) is 3.90. The highest BCUT2D eigenvalue weighted by Crippen LogP contribution is 2.21. The Morgan fingerprint density at radius 3 is 2.92 bits per heavy atom. The average molecular weight is 162 g/mol. The molecule has 0 aromatic heterocycles. The molecule has 0 fully saturated rings. The first kappa shape index (κ1) is 9.11. The van der Waals surface area contributed by atoms with Crippen LogP contribution in [0.15, 0.2) is 23.2 Å². The molecule has 1 aliphatic rings. The highest BCUT2D eigenvalue weighted by Gasteiger charge is 2.14. The number of hydrogen-bond acceptors (Lipinski definition) is 2. The lowest BCUT2D eigenvalue weighted by molar-refractivity contribution is -0.135. The van der Waals surface area contributed by atoms with Gasteiger partial charge in [0.15, 0.2) is 0 Å². The van der Waals surface area contributed by atoms with Gasteiger partial charge in [-0.2, -0.15) is 0 Å². The lowest BCUT2D eigenvalue weighted by Gasteiger charge is -2.16. The van der Waals surface area contributed by atoms with Crippen molar-refractivity contribution in [3.8, 4) is 0 Å². The summed E-state index contributed by atoms with van der Waals surface area (Å²) in [7, 11) is 7.04. The summed E-state index contributed by atoms with van der Waals surface area (Å²) in [5, 5.41) is 0. The molecule has 0 heterocycles. The van der Waals surface area contributed by atoms with Crippen molar-refractivity contribution in [2.75, 3.05) is 7.11 Å².